The maximum absolute atomic E-state index is 10.9. The van der Waals surface area contributed by atoms with Crippen LogP contribution >= 0.6 is 0 Å². The molecule has 0 saturated heterocycles. The highest BCUT2D eigenvalue weighted by molar-refractivity contribution is 5.91. The Hall–Kier alpha value is -1.83. The van der Waals surface area contributed by atoms with E-state index in [1.165, 1.54) is 10.9 Å². The lowest BCUT2D eigenvalue weighted by atomic mass is 9.94. The van der Waals surface area contributed by atoms with Gasteiger partial charge in [0.25, 0.3) is 0 Å². The molecule has 0 radical (unpaired) electrons. The van der Waals surface area contributed by atoms with Gasteiger partial charge in [0.2, 0.25) is 0 Å². The highest BCUT2D eigenvalue weighted by Crippen LogP contribution is 2.24. The molecule has 0 aliphatic heterocycles. The number of carbonyl (C=O) groups is 1. The average molecular weight is 242 g/mol. The van der Waals surface area contributed by atoms with Crippen LogP contribution in [0.15, 0.2) is 36.4 Å². The van der Waals surface area contributed by atoms with E-state index in [-0.39, 0.29) is 6.42 Å². The van der Waals surface area contributed by atoms with E-state index in [0.29, 0.717) is 5.92 Å². The summed E-state index contributed by atoms with van der Waals surface area (Å²) >= 11 is 0. The van der Waals surface area contributed by atoms with Gasteiger partial charge in [-0.1, -0.05) is 50.2 Å². The van der Waals surface area contributed by atoms with E-state index in [4.69, 9.17) is 5.11 Å². The predicted molar refractivity (Wildman–Crippen MR) is 73.8 cm³/mol. The van der Waals surface area contributed by atoms with Crippen LogP contribution in [0, 0.1) is 5.92 Å². The minimum Gasteiger partial charge on any atom is -0.481 e. The second-order valence-electron chi connectivity index (χ2n) is 5.10. The van der Waals surface area contributed by atoms with Gasteiger partial charge in [-0.15, -0.1) is 0 Å². The Morgan fingerprint density at radius 3 is 2.17 bits per heavy atom. The van der Waals surface area contributed by atoms with Gasteiger partial charge in [0.05, 0.1) is 6.42 Å². The third-order valence-electron chi connectivity index (χ3n) is 3.07. The molecule has 0 spiro atoms. The molecular formula is C16H18O2. The molecule has 0 aliphatic carbocycles. The molecular weight excluding hydrogens is 224 g/mol. The molecule has 0 aromatic heterocycles. The van der Waals surface area contributed by atoms with Gasteiger partial charge >= 0.3 is 5.97 Å². The van der Waals surface area contributed by atoms with Crippen molar-refractivity contribution in [3.05, 3.63) is 47.5 Å². The summed E-state index contributed by atoms with van der Waals surface area (Å²) < 4.78 is 0. The van der Waals surface area contributed by atoms with Crippen LogP contribution in [0.1, 0.15) is 25.0 Å². The quantitative estimate of drug-likeness (QED) is 0.888. The number of aliphatic carboxylic acids is 1. The molecule has 0 unspecified atom stereocenters. The van der Waals surface area contributed by atoms with E-state index in [0.717, 1.165) is 17.4 Å². The zero-order valence-electron chi connectivity index (χ0n) is 10.8. The number of carboxylic acids is 1. The summed E-state index contributed by atoms with van der Waals surface area (Å²) in [6.45, 7) is 4.39. The van der Waals surface area contributed by atoms with E-state index in [2.05, 4.69) is 26.0 Å². The summed E-state index contributed by atoms with van der Waals surface area (Å²) in [7, 11) is 0. The van der Waals surface area contributed by atoms with Crippen molar-refractivity contribution in [1.29, 1.82) is 0 Å². The van der Waals surface area contributed by atoms with Crippen LogP contribution < -0.4 is 0 Å². The first-order valence-electron chi connectivity index (χ1n) is 6.29. The Kier molecular flexibility index (Phi) is 3.66. The summed E-state index contributed by atoms with van der Waals surface area (Å²) in [5.74, 6) is -0.185. The Morgan fingerprint density at radius 2 is 1.61 bits per heavy atom. The monoisotopic (exact) mass is 242 g/mol. The van der Waals surface area contributed by atoms with Gasteiger partial charge in [0, 0.05) is 0 Å². The third kappa shape index (κ3) is 2.70. The van der Waals surface area contributed by atoms with Crippen molar-refractivity contribution in [3.8, 4) is 0 Å². The van der Waals surface area contributed by atoms with Crippen molar-refractivity contribution in [2.75, 3.05) is 0 Å². The molecule has 2 nitrogen and oxygen atoms in total. The van der Waals surface area contributed by atoms with Crippen LogP contribution in [0.5, 0.6) is 0 Å². The summed E-state index contributed by atoms with van der Waals surface area (Å²) in [4.78, 5) is 10.9. The highest BCUT2D eigenvalue weighted by atomic mass is 16.4. The molecule has 2 aromatic rings. The topological polar surface area (TPSA) is 37.3 Å². The standard InChI is InChI=1S/C16H18O2/c1-11(2)9-12-5-3-8-15-13(10-16(17)18)6-4-7-14(12)15/h3-8,11H,9-10H2,1-2H3,(H,17,18). The van der Waals surface area contributed by atoms with Gasteiger partial charge in [-0.3, -0.25) is 4.79 Å². The molecule has 0 saturated carbocycles. The van der Waals surface area contributed by atoms with Gasteiger partial charge < -0.3 is 5.11 Å². The normalized spacial score (nSPS) is 11.1. The SMILES string of the molecule is CC(C)Cc1cccc2c(CC(=O)O)cccc12. The van der Waals surface area contributed by atoms with Gasteiger partial charge in [0.1, 0.15) is 0 Å². The number of rotatable bonds is 4. The molecule has 18 heavy (non-hydrogen) atoms. The lowest BCUT2D eigenvalue weighted by Crippen LogP contribution is -2.01. The third-order valence-corrected chi connectivity index (χ3v) is 3.07. The first kappa shape index (κ1) is 12.6. The molecule has 0 bridgehead atoms. The van der Waals surface area contributed by atoms with E-state index in [1.807, 2.05) is 24.3 Å². The second-order valence-corrected chi connectivity index (χ2v) is 5.10. The van der Waals surface area contributed by atoms with Gasteiger partial charge in [-0.05, 0) is 34.2 Å². The maximum atomic E-state index is 10.9. The largest absolute Gasteiger partial charge is 0.481 e. The molecule has 0 heterocycles. The highest BCUT2D eigenvalue weighted by Gasteiger charge is 2.08. The van der Waals surface area contributed by atoms with Crippen LogP contribution in [0.4, 0.5) is 0 Å². The van der Waals surface area contributed by atoms with E-state index >= 15 is 0 Å². The van der Waals surface area contributed by atoms with Crippen molar-refractivity contribution in [1.82, 2.24) is 0 Å². The van der Waals surface area contributed by atoms with Crippen LogP contribution in [0.25, 0.3) is 10.8 Å². The lowest BCUT2D eigenvalue weighted by molar-refractivity contribution is -0.136. The molecule has 2 rings (SSSR count). The second kappa shape index (κ2) is 5.21. The fourth-order valence-corrected chi connectivity index (χ4v) is 2.38. The smallest absolute Gasteiger partial charge is 0.307 e. The Morgan fingerprint density at radius 1 is 1.06 bits per heavy atom. The Bertz CT molecular complexity index is 570. The number of hydrogen-bond donors (Lipinski definition) is 1. The van der Waals surface area contributed by atoms with E-state index in [1.54, 1.807) is 0 Å². The fourth-order valence-electron chi connectivity index (χ4n) is 2.38. The summed E-state index contributed by atoms with van der Waals surface area (Å²) in [5.41, 5.74) is 2.19. The van der Waals surface area contributed by atoms with Gasteiger partial charge in [0.15, 0.2) is 0 Å². The Balaban J connectivity index is 2.54. The zero-order valence-corrected chi connectivity index (χ0v) is 10.8. The summed E-state index contributed by atoms with van der Waals surface area (Å²) in [6, 6.07) is 12.1. The van der Waals surface area contributed by atoms with Gasteiger partial charge in [-0.25, -0.2) is 0 Å². The fraction of sp³-hybridized carbons (Fsp3) is 0.312. The maximum Gasteiger partial charge on any atom is 0.307 e. The van der Waals surface area contributed by atoms with Crippen molar-refractivity contribution < 1.29 is 9.90 Å². The number of carboxylic acid groups (broad SMARTS) is 1. The molecule has 1 N–H and O–H groups in total. The molecule has 0 aliphatic rings. The minimum atomic E-state index is -0.781. The van der Waals surface area contributed by atoms with Crippen LogP contribution in [0.3, 0.4) is 0 Å². The van der Waals surface area contributed by atoms with Crippen LogP contribution in [-0.4, -0.2) is 11.1 Å². The Labute approximate surface area is 107 Å². The molecule has 2 heteroatoms. The molecule has 0 fully saturated rings. The number of hydrogen-bond acceptors (Lipinski definition) is 1. The first-order valence-corrected chi connectivity index (χ1v) is 6.29. The molecule has 2 aromatic carbocycles. The van der Waals surface area contributed by atoms with Crippen LogP contribution in [0.2, 0.25) is 0 Å². The molecule has 94 valence electrons. The number of fused-ring (bicyclic) bond motifs is 1. The van der Waals surface area contributed by atoms with E-state index in [9.17, 15) is 4.79 Å². The lowest BCUT2D eigenvalue weighted by Gasteiger charge is -2.11. The van der Waals surface area contributed by atoms with Gasteiger partial charge in [-0.2, -0.15) is 0 Å². The first-order chi connectivity index (χ1) is 8.58. The number of benzene rings is 2. The molecule has 0 amide bonds. The summed E-state index contributed by atoms with van der Waals surface area (Å²) in [5, 5.41) is 11.2. The van der Waals surface area contributed by atoms with Crippen molar-refractivity contribution >= 4 is 16.7 Å². The van der Waals surface area contributed by atoms with Crippen molar-refractivity contribution in [2.45, 2.75) is 26.7 Å². The molecule has 0 atom stereocenters. The average Bonchev–Trinajstić information content (AvgIpc) is 2.29. The zero-order chi connectivity index (χ0) is 13.1. The minimum absolute atomic E-state index is 0.0858. The predicted octanol–water partition coefficient (Wildman–Crippen LogP) is 3.67. The van der Waals surface area contributed by atoms with E-state index < -0.39 is 5.97 Å². The summed E-state index contributed by atoms with van der Waals surface area (Å²) in [6.07, 6.45) is 1.11. The van der Waals surface area contributed by atoms with Crippen molar-refractivity contribution in [3.63, 3.8) is 0 Å². The van der Waals surface area contributed by atoms with Crippen molar-refractivity contribution in [2.24, 2.45) is 5.92 Å². The van der Waals surface area contributed by atoms with Crippen LogP contribution in [-0.2, 0) is 17.6 Å².